The highest BCUT2D eigenvalue weighted by Gasteiger charge is 2.27. The third-order valence-electron chi connectivity index (χ3n) is 4.85. The molecule has 29 heavy (non-hydrogen) atoms. The van der Waals surface area contributed by atoms with Gasteiger partial charge in [-0.3, -0.25) is 5.41 Å². The van der Waals surface area contributed by atoms with Gasteiger partial charge in [-0.1, -0.05) is 6.07 Å². The Hall–Kier alpha value is -2.77. The summed E-state index contributed by atoms with van der Waals surface area (Å²) in [6, 6.07) is 10.8. The Labute approximate surface area is 175 Å². The van der Waals surface area contributed by atoms with Crippen molar-refractivity contribution in [2.45, 2.75) is 44.4 Å². The fourth-order valence-electron chi connectivity index (χ4n) is 3.42. The molecule has 1 saturated carbocycles. The van der Waals surface area contributed by atoms with E-state index in [1.165, 1.54) is 0 Å². The lowest BCUT2D eigenvalue weighted by Crippen LogP contribution is -2.34. The number of carbonyl (C=O) groups is 1. The predicted molar refractivity (Wildman–Crippen MR) is 112 cm³/mol. The quantitative estimate of drug-likeness (QED) is 0.401. The van der Waals surface area contributed by atoms with Gasteiger partial charge in [0, 0.05) is 11.3 Å². The Morgan fingerprint density at radius 1 is 1.28 bits per heavy atom. The lowest BCUT2D eigenvalue weighted by Gasteiger charge is -2.24. The predicted octanol–water partition coefficient (Wildman–Crippen LogP) is 1.90. The maximum atomic E-state index is 11.8. The minimum absolute atomic E-state index is 0. The van der Waals surface area contributed by atoms with Crippen LogP contribution in [0.15, 0.2) is 42.5 Å². The zero-order valence-electron chi connectivity index (χ0n) is 16.1. The number of anilines is 1. The number of amidine groups is 1. The Bertz CT molecular complexity index is 873. The van der Waals surface area contributed by atoms with E-state index < -0.39 is 18.1 Å². The number of nitrogen functional groups attached to an aromatic ring is 1. The SMILES string of the molecule is Cc1cc(OC2CCCC2O)cc(C(Nc2ccc(C(=N)N)cc2)C(=O)[O-])c1.Cl. The first kappa shape index (κ1) is 22.5. The number of ether oxygens (including phenoxy) is 1. The highest BCUT2D eigenvalue weighted by atomic mass is 35.5. The van der Waals surface area contributed by atoms with E-state index in [4.69, 9.17) is 15.9 Å². The van der Waals surface area contributed by atoms with Crippen molar-refractivity contribution < 1.29 is 19.7 Å². The van der Waals surface area contributed by atoms with E-state index in [0.717, 1.165) is 18.4 Å². The monoisotopic (exact) mass is 418 g/mol. The Morgan fingerprint density at radius 2 is 1.97 bits per heavy atom. The number of carboxylic acid groups (broad SMARTS) is 1. The minimum atomic E-state index is -1.27. The summed E-state index contributed by atoms with van der Waals surface area (Å²) in [5.74, 6) is -0.799. The summed E-state index contributed by atoms with van der Waals surface area (Å²) in [6.45, 7) is 1.86. The molecule has 2 aromatic carbocycles. The number of benzene rings is 2. The fraction of sp³-hybridized carbons (Fsp3) is 0.333. The first-order chi connectivity index (χ1) is 13.3. The number of hydrogen-bond acceptors (Lipinski definition) is 6. The second-order valence-electron chi connectivity index (χ2n) is 7.12. The number of aryl methyl sites for hydroxylation is 1. The standard InChI is InChI=1S/C21H25N3O4.ClH/c1-12-9-14(11-16(10-12)28-18-4-2-3-17(18)25)19(21(26)27)24-15-7-5-13(6-8-15)20(22)23;/h5-11,17-19,24-25H,2-4H2,1H3,(H3,22,23)(H,26,27);1H/p-1. The van der Waals surface area contributed by atoms with E-state index >= 15 is 0 Å². The maximum Gasteiger partial charge on any atom is 0.124 e. The van der Waals surface area contributed by atoms with Crippen LogP contribution in [0.5, 0.6) is 5.75 Å². The minimum Gasteiger partial charge on any atom is -0.548 e. The average Bonchev–Trinajstić information content (AvgIpc) is 3.04. The van der Waals surface area contributed by atoms with Gasteiger partial charge < -0.3 is 30.8 Å². The zero-order chi connectivity index (χ0) is 20.3. The van der Waals surface area contributed by atoms with Gasteiger partial charge in [0.15, 0.2) is 0 Å². The Balaban J connectivity index is 0.00000300. The number of nitrogens with one attached hydrogen (secondary N) is 2. The number of carboxylic acids is 1. The normalized spacial score (nSPS) is 19.1. The van der Waals surface area contributed by atoms with E-state index in [1.807, 2.05) is 13.0 Å². The van der Waals surface area contributed by atoms with Gasteiger partial charge >= 0.3 is 0 Å². The third-order valence-corrected chi connectivity index (χ3v) is 4.85. The molecule has 0 aliphatic heterocycles. The van der Waals surface area contributed by atoms with Gasteiger partial charge in [-0.25, -0.2) is 0 Å². The van der Waals surface area contributed by atoms with Crippen LogP contribution in [-0.2, 0) is 4.79 Å². The van der Waals surface area contributed by atoms with Crippen molar-refractivity contribution in [3.05, 3.63) is 59.2 Å². The van der Waals surface area contributed by atoms with Crippen LogP contribution in [0, 0.1) is 12.3 Å². The molecule has 5 N–H and O–H groups in total. The van der Waals surface area contributed by atoms with Gasteiger partial charge in [0.2, 0.25) is 0 Å². The molecule has 1 aliphatic carbocycles. The number of hydrogen-bond donors (Lipinski definition) is 4. The van der Waals surface area contributed by atoms with E-state index in [1.54, 1.807) is 36.4 Å². The van der Waals surface area contributed by atoms with Crippen LogP contribution >= 0.6 is 12.4 Å². The van der Waals surface area contributed by atoms with Gasteiger partial charge in [0.1, 0.15) is 17.7 Å². The molecule has 3 rings (SSSR count). The van der Waals surface area contributed by atoms with Crippen molar-refractivity contribution in [2.24, 2.45) is 5.73 Å². The van der Waals surface area contributed by atoms with Crippen LogP contribution in [0.2, 0.25) is 0 Å². The van der Waals surface area contributed by atoms with Crippen molar-refractivity contribution in [2.75, 3.05) is 5.32 Å². The molecule has 3 atom stereocenters. The highest BCUT2D eigenvalue weighted by Crippen LogP contribution is 2.29. The van der Waals surface area contributed by atoms with Crippen molar-refractivity contribution in [1.29, 1.82) is 5.41 Å². The second kappa shape index (κ2) is 9.62. The summed E-state index contributed by atoms with van der Waals surface area (Å²) in [5.41, 5.74) is 7.90. The molecule has 2 aromatic rings. The van der Waals surface area contributed by atoms with Crippen LogP contribution in [0.3, 0.4) is 0 Å². The Morgan fingerprint density at radius 3 is 2.52 bits per heavy atom. The molecule has 0 aromatic heterocycles. The first-order valence-electron chi connectivity index (χ1n) is 9.21. The summed E-state index contributed by atoms with van der Waals surface area (Å²) < 4.78 is 5.90. The topological polar surface area (TPSA) is 131 Å². The van der Waals surface area contributed by atoms with Crippen molar-refractivity contribution in [3.8, 4) is 5.75 Å². The number of nitrogens with two attached hydrogens (primary N) is 1. The molecular formula is C21H25ClN3O4-. The number of aliphatic hydroxyl groups is 1. The fourth-order valence-corrected chi connectivity index (χ4v) is 3.42. The number of aliphatic hydroxyl groups excluding tert-OH is 1. The summed E-state index contributed by atoms with van der Waals surface area (Å²) in [7, 11) is 0. The molecule has 0 spiro atoms. The summed E-state index contributed by atoms with van der Waals surface area (Å²) in [6.07, 6.45) is 1.61. The molecule has 0 amide bonds. The van der Waals surface area contributed by atoms with Crippen molar-refractivity contribution in [1.82, 2.24) is 0 Å². The smallest absolute Gasteiger partial charge is 0.124 e. The van der Waals surface area contributed by atoms with Crippen molar-refractivity contribution >= 4 is 29.9 Å². The summed E-state index contributed by atoms with van der Waals surface area (Å²) >= 11 is 0. The molecule has 156 valence electrons. The molecular weight excluding hydrogens is 394 g/mol. The number of aliphatic carboxylic acids is 1. The Kier molecular flexibility index (Phi) is 7.47. The lowest BCUT2D eigenvalue weighted by molar-refractivity contribution is -0.307. The van der Waals surface area contributed by atoms with E-state index in [9.17, 15) is 15.0 Å². The molecule has 0 bridgehead atoms. The molecule has 7 nitrogen and oxygen atoms in total. The van der Waals surface area contributed by atoms with Crippen LogP contribution in [0.25, 0.3) is 0 Å². The number of carbonyl (C=O) groups excluding carboxylic acids is 1. The molecule has 0 radical (unpaired) electrons. The molecule has 3 unspecified atom stereocenters. The third kappa shape index (κ3) is 5.62. The van der Waals surface area contributed by atoms with Crippen LogP contribution in [0.1, 0.15) is 42.0 Å². The van der Waals surface area contributed by atoms with Gasteiger partial charge in [-0.2, -0.15) is 0 Å². The molecule has 0 heterocycles. The van der Waals surface area contributed by atoms with Gasteiger partial charge in [-0.15, -0.1) is 12.4 Å². The van der Waals surface area contributed by atoms with E-state index in [2.05, 4.69) is 5.32 Å². The average molecular weight is 419 g/mol. The largest absolute Gasteiger partial charge is 0.548 e. The molecule has 8 heteroatoms. The summed E-state index contributed by atoms with van der Waals surface area (Å²) in [5, 5.41) is 32.1. The zero-order valence-corrected chi connectivity index (χ0v) is 16.9. The van der Waals surface area contributed by atoms with Gasteiger partial charge in [0.05, 0.1) is 18.1 Å². The van der Waals surface area contributed by atoms with E-state index in [-0.39, 0.29) is 24.3 Å². The maximum absolute atomic E-state index is 11.8. The molecule has 1 fully saturated rings. The van der Waals surface area contributed by atoms with Crippen LogP contribution < -0.4 is 20.9 Å². The lowest BCUT2D eigenvalue weighted by atomic mass is 10.0. The number of rotatable bonds is 7. The molecule has 0 saturated heterocycles. The second-order valence-corrected chi connectivity index (χ2v) is 7.12. The highest BCUT2D eigenvalue weighted by molar-refractivity contribution is 5.95. The van der Waals surface area contributed by atoms with Gasteiger partial charge in [0.25, 0.3) is 0 Å². The first-order valence-corrected chi connectivity index (χ1v) is 9.21. The number of halogens is 1. The van der Waals surface area contributed by atoms with Crippen molar-refractivity contribution in [3.63, 3.8) is 0 Å². The van der Waals surface area contributed by atoms with Crippen LogP contribution in [-0.4, -0.2) is 29.1 Å². The van der Waals surface area contributed by atoms with Crippen LogP contribution in [0.4, 0.5) is 5.69 Å². The summed E-state index contributed by atoms with van der Waals surface area (Å²) in [4.78, 5) is 11.8. The van der Waals surface area contributed by atoms with Gasteiger partial charge in [-0.05, 0) is 73.7 Å². The molecule has 1 aliphatic rings. The van der Waals surface area contributed by atoms with E-state index in [0.29, 0.717) is 29.0 Å².